The molecule has 0 bridgehead atoms. The fourth-order valence-corrected chi connectivity index (χ4v) is 2.78. The number of aliphatic carboxylic acids is 1. The predicted octanol–water partition coefficient (Wildman–Crippen LogP) is 2.75. The molecule has 2 amide bonds. The monoisotopic (exact) mass is 460 g/mol. The minimum atomic E-state index is -1.53. The van der Waals surface area contributed by atoms with Crippen LogP contribution in [-0.4, -0.2) is 63.1 Å². The molecule has 0 aromatic heterocycles. The highest BCUT2D eigenvalue weighted by Gasteiger charge is 2.32. The van der Waals surface area contributed by atoms with E-state index in [1.54, 1.807) is 41.5 Å². The van der Waals surface area contributed by atoms with E-state index in [0.29, 0.717) is 24.7 Å². The lowest BCUT2D eigenvalue weighted by atomic mass is 10.1. The molecule has 2 saturated carbocycles. The first-order valence-electron chi connectivity index (χ1n) is 11.1. The number of aliphatic hydroxyl groups is 2. The first-order valence-corrected chi connectivity index (χ1v) is 11.1. The van der Waals surface area contributed by atoms with E-state index in [2.05, 4.69) is 10.6 Å². The van der Waals surface area contributed by atoms with Crippen molar-refractivity contribution in [3.63, 3.8) is 0 Å². The topological polar surface area (TPSA) is 154 Å². The number of aliphatic hydroxyl groups excluding tert-OH is 1. The van der Waals surface area contributed by atoms with Gasteiger partial charge in [-0.1, -0.05) is 25.7 Å². The average molecular weight is 461 g/mol. The predicted molar refractivity (Wildman–Crippen MR) is 117 cm³/mol. The van der Waals surface area contributed by atoms with E-state index in [4.69, 9.17) is 24.8 Å². The van der Waals surface area contributed by atoms with Gasteiger partial charge in [-0.05, 0) is 66.2 Å². The van der Waals surface area contributed by atoms with Crippen molar-refractivity contribution in [3.8, 4) is 0 Å². The maximum absolute atomic E-state index is 11.4. The molecule has 0 radical (unpaired) electrons. The molecular weight excluding hydrogens is 420 g/mol. The zero-order valence-electron chi connectivity index (χ0n) is 20.0. The zero-order valence-corrected chi connectivity index (χ0v) is 20.0. The smallest absolute Gasteiger partial charge is 0.408 e. The molecule has 5 N–H and O–H groups in total. The van der Waals surface area contributed by atoms with Crippen LogP contribution in [-0.2, 0) is 14.3 Å². The van der Waals surface area contributed by atoms with Crippen LogP contribution >= 0.6 is 0 Å². The molecule has 0 saturated heterocycles. The van der Waals surface area contributed by atoms with E-state index in [9.17, 15) is 14.4 Å². The largest absolute Gasteiger partial charge is 0.480 e. The van der Waals surface area contributed by atoms with Crippen molar-refractivity contribution in [1.29, 1.82) is 0 Å². The number of alkyl carbamates (subject to hydrolysis) is 2. The summed E-state index contributed by atoms with van der Waals surface area (Å²) in [6, 6.07) is -1.47. The third-order valence-corrected chi connectivity index (χ3v) is 4.60. The van der Waals surface area contributed by atoms with Crippen molar-refractivity contribution >= 4 is 18.2 Å². The van der Waals surface area contributed by atoms with E-state index in [-0.39, 0.29) is 0 Å². The standard InChI is InChI=1S/C11H21NO4.C11H19NO4/c2*1-11(2,3)16-10(15)12-8(9(13)14)6-7-4-5-7/h7-9,13-14H,4-6H2,1-3H3,(H,12,15);7-8H,4-6H2,1-3H3,(H,12,15)(H,13,14). The first-order chi connectivity index (χ1) is 14.6. The molecule has 2 rings (SSSR count). The van der Waals surface area contributed by atoms with Gasteiger partial charge in [0.05, 0.1) is 6.04 Å². The van der Waals surface area contributed by atoms with Gasteiger partial charge in [-0.15, -0.1) is 0 Å². The van der Waals surface area contributed by atoms with Crippen molar-refractivity contribution in [2.45, 2.75) is 110 Å². The molecule has 2 aliphatic carbocycles. The Morgan fingerprint density at radius 2 is 1.22 bits per heavy atom. The van der Waals surface area contributed by atoms with E-state index in [0.717, 1.165) is 25.7 Å². The Morgan fingerprint density at radius 1 is 0.812 bits per heavy atom. The fourth-order valence-electron chi connectivity index (χ4n) is 2.78. The van der Waals surface area contributed by atoms with E-state index < -0.39 is 47.7 Å². The second-order valence-electron chi connectivity index (χ2n) is 10.6. The van der Waals surface area contributed by atoms with E-state index >= 15 is 0 Å². The molecule has 10 heteroatoms. The van der Waals surface area contributed by atoms with Crippen LogP contribution in [0.2, 0.25) is 0 Å². The van der Waals surface area contributed by atoms with Crippen LogP contribution in [0.1, 0.15) is 80.1 Å². The van der Waals surface area contributed by atoms with Gasteiger partial charge in [0.1, 0.15) is 17.2 Å². The molecular formula is C22H40N2O8. The third-order valence-electron chi connectivity index (χ3n) is 4.60. The first kappa shape index (κ1) is 28.0. The summed E-state index contributed by atoms with van der Waals surface area (Å²) in [6.07, 6.45) is 2.59. The molecule has 0 spiro atoms. The lowest BCUT2D eigenvalue weighted by molar-refractivity contribution is -0.139. The molecule has 2 aliphatic rings. The Bertz CT molecular complexity index is 631. The Labute approximate surface area is 190 Å². The molecule has 10 nitrogen and oxygen atoms in total. The highest BCUT2D eigenvalue weighted by atomic mass is 16.6. The fraction of sp³-hybridized carbons (Fsp3) is 0.864. The quantitative estimate of drug-likeness (QED) is 0.346. The lowest BCUT2D eigenvalue weighted by Crippen LogP contribution is -2.45. The highest BCUT2D eigenvalue weighted by molar-refractivity contribution is 5.80. The van der Waals surface area contributed by atoms with Crippen molar-refractivity contribution in [3.05, 3.63) is 0 Å². The molecule has 0 aromatic rings. The molecule has 2 unspecified atom stereocenters. The normalized spacial score (nSPS) is 18.0. The van der Waals surface area contributed by atoms with Crippen LogP contribution in [0, 0.1) is 11.8 Å². The summed E-state index contributed by atoms with van der Waals surface area (Å²) in [6.45, 7) is 10.5. The van der Waals surface area contributed by atoms with Crippen LogP contribution in [0.25, 0.3) is 0 Å². The summed E-state index contributed by atoms with van der Waals surface area (Å²) in [4.78, 5) is 33.7. The van der Waals surface area contributed by atoms with E-state index in [1.807, 2.05) is 0 Å². The van der Waals surface area contributed by atoms with E-state index in [1.165, 1.54) is 0 Å². The van der Waals surface area contributed by atoms with Crippen LogP contribution in [0.15, 0.2) is 0 Å². The Balaban J connectivity index is 0.000000320. The molecule has 2 atom stereocenters. The number of hydrogen-bond donors (Lipinski definition) is 5. The molecule has 0 heterocycles. The number of amides is 2. The number of carbonyl (C=O) groups excluding carboxylic acids is 2. The Hall–Kier alpha value is -2.07. The molecule has 186 valence electrons. The maximum atomic E-state index is 11.4. The van der Waals surface area contributed by atoms with Crippen LogP contribution in [0.5, 0.6) is 0 Å². The van der Waals surface area contributed by atoms with Gasteiger partial charge in [-0.2, -0.15) is 0 Å². The molecule has 32 heavy (non-hydrogen) atoms. The van der Waals surface area contributed by atoms with Gasteiger partial charge in [0.15, 0.2) is 6.29 Å². The number of rotatable bonds is 8. The number of carboxylic acid groups (broad SMARTS) is 1. The summed E-state index contributed by atoms with van der Waals surface area (Å²) in [5, 5.41) is 32.0. The van der Waals surface area contributed by atoms with Gasteiger partial charge in [0, 0.05) is 0 Å². The number of hydrogen-bond acceptors (Lipinski definition) is 7. The Kier molecular flexibility index (Phi) is 10.2. The molecule has 0 aliphatic heterocycles. The van der Waals surface area contributed by atoms with Crippen molar-refractivity contribution in [2.75, 3.05) is 0 Å². The lowest BCUT2D eigenvalue weighted by Gasteiger charge is -2.24. The van der Waals surface area contributed by atoms with Gasteiger partial charge in [0.2, 0.25) is 0 Å². The highest BCUT2D eigenvalue weighted by Crippen LogP contribution is 2.34. The van der Waals surface area contributed by atoms with Gasteiger partial charge in [-0.25, -0.2) is 14.4 Å². The summed E-state index contributed by atoms with van der Waals surface area (Å²) < 4.78 is 10.1. The summed E-state index contributed by atoms with van der Waals surface area (Å²) in [5.74, 6) is -0.0597. The zero-order chi connectivity index (χ0) is 24.7. The number of carbonyl (C=O) groups is 3. The minimum Gasteiger partial charge on any atom is -0.480 e. The van der Waals surface area contributed by atoms with Gasteiger partial charge < -0.3 is 35.4 Å². The van der Waals surface area contributed by atoms with Crippen molar-refractivity contribution in [1.82, 2.24) is 10.6 Å². The van der Waals surface area contributed by atoms with Crippen molar-refractivity contribution in [2.24, 2.45) is 11.8 Å². The summed E-state index contributed by atoms with van der Waals surface area (Å²) >= 11 is 0. The maximum Gasteiger partial charge on any atom is 0.408 e. The number of nitrogens with one attached hydrogen (secondary N) is 2. The molecule has 2 fully saturated rings. The second kappa shape index (κ2) is 11.7. The van der Waals surface area contributed by atoms with Gasteiger partial charge in [-0.3, -0.25) is 0 Å². The van der Waals surface area contributed by atoms with Crippen LogP contribution < -0.4 is 10.6 Å². The summed E-state index contributed by atoms with van der Waals surface area (Å²) in [5.41, 5.74) is -1.18. The minimum absolute atomic E-state index is 0.441. The number of carboxylic acids is 1. The second-order valence-corrected chi connectivity index (χ2v) is 10.6. The summed E-state index contributed by atoms with van der Waals surface area (Å²) in [7, 11) is 0. The van der Waals surface area contributed by atoms with Crippen LogP contribution in [0.4, 0.5) is 9.59 Å². The van der Waals surface area contributed by atoms with Gasteiger partial charge in [0.25, 0.3) is 0 Å². The third kappa shape index (κ3) is 14.1. The van der Waals surface area contributed by atoms with Crippen molar-refractivity contribution < 1.29 is 39.2 Å². The SMILES string of the molecule is CC(C)(C)OC(=O)NC(CC1CC1)C(=O)O.CC(C)(C)OC(=O)NC(CC1CC1)C(O)O. The van der Waals surface area contributed by atoms with Crippen LogP contribution in [0.3, 0.4) is 0 Å². The molecule has 0 aromatic carbocycles. The van der Waals surface area contributed by atoms with Gasteiger partial charge >= 0.3 is 18.2 Å². The Morgan fingerprint density at radius 3 is 1.56 bits per heavy atom. The number of ether oxygens (including phenoxy) is 2. The average Bonchev–Trinajstić information content (AvgIpc) is 3.46.